The van der Waals surface area contributed by atoms with E-state index < -0.39 is 0 Å². The van der Waals surface area contributed by atoms with Crippen molar-refractivity contribution in [3.63, 3.8) is 0 Å². The van der Waals surface area contributed by atoms with Crippen LogP contribution in [0.4, 0.5) is 23.0 Å². The van der Waals surface area contributed by atoms with E-state index >= 15 is 0 Å². The van der Waals surface area contributed by atoms with Crippen LogP contribution in [0.3, 0.4) is 0 Å². The molecule has 174 valence electrons. The topological polar surface area (TPSA) is 119 Å². The van der Waals surface area contributed by atoms with Gasteiger partial charge in [-0.15, -0.1) is 0 Å². The van der Waals surface area contributed by atoms with Gasteiger partial charge in [0.25, 0.3) is 5.91 Å². The van der Waals surface area contributed by atoms with E-state index in [1.165, 1.54) is 0 Å². The molecular weight excluding hydrogens is 442 g/mol. The number of nitrogens with one attached hydrogen (secondary N) is 2. The van der Waals surface area contributed by atoms with Crippen molar-refractivity contribution < 1.29 is 9.53 Å². The molecule has 3 heterocycles. The van der Waals surface area contributed by atoms with Gasteiger partial charge in [0.2, 0.25) is 5.95 Å². The van der Waals surface area contributed by atoms with Gasteiger partial charge in [0.1, 0.15) is 11.4 Å². The largest absolute Gasteiger partial charge is 0.497 e. The third kappa shape index (κ3) is 4.47. The van der Waals surface area contributed by atoms with Crippen molar-refractivity contribution in [1.82, 2.24) is 19.4 Å². The molecule has 0 fully saturated rings. The minimum atomic E-state index is -0.243. The molecule has 0 spiro atoms. The number of nitrogens with zero attached hydrogens (tertiary/aromatic N) is 4. The normalized spacial score (nSPS) is 10.8. The lowest BCUT2D eigenvalue weighted by atomic mass is 10.2. The number of ether oxygens (including phenoxy) is 1. The zero-order valence-corrected chi connectivity index (χ0v) is 19.2. The van der Waals surface area contributed by atoms with E-state index in [0.717, 1.165) is 34.2 Å². The molecule has 4 N–H and O–H groups in total. The second-order valence-corrected chi connectivity index (χ2v) is 7.85. The van der Waals surface area contributed by atoms with Crippen molar-refractivity contribution >= 4 is 34.6 Å². The number of aromatic nitrogens is 4. The van der Waals surface area contributed by atoms with Gasteiger partial charge in [-0.2, -0.15) is 0 Å². The predicted molar refractivity (Wildman–Crippen MR) is 136 cm³/mol. The lowest BCUT2D eigenvalue weighted by molar-refractivity contribution is 0.102. The number of carbonyl (C=O) groups is 1. The van der Waals surface area contributed by atoms with Crippen molar-refractivity contribution in [1.29, 1.82) is 0 Å². The van der Waals surface area contributed by atoms with Crippen LogP contribution < -0.4 is 21.1 Å². The number of carbonyl (C=O) groups excluding carboxylic acids is 1. The van der Waals surface area contributed by atoms with Crippen LogP contribution in [-0.2, 0) is 0 Å². The second-order valence-electron chi connectivity index (χ2n) is 7.85. The molecule has 1 amide bonds. The summed E-state index contributed by atoms with van der Waals surface area (Å²) in [6.45, 7) is 1.94. The number of imidazole rings is 1. The van der Waals surface area contributed by atoms with Gasteiger partial charge in [0.05, 0.1) is 35.6 Å². The SMILES string of the molecule is COc1ccn2c(-c3ccnc(Nc4ccc(C(=O)Nc5ccccc5N)cc4)n3)c(C)nc2c1. The first-order valence-electron chi connectivity index (χ1n) is 10.9. The van der Waals surface area contributed by atoms with Gasteiger partial charge >= 0.3 is 0 Å². The molecule has 0 aliphatic rings. The Labute approximate surface area is 201 Å². The summed E-state index contributed by atoms with van der Waals surface area (Å²) < 4.78 is 7.27. The smallest absolute Gasteiger partial charge is 0.255 e. The first-order valence-corrected chi connectivity index (χ1v) is 10.9. The Kier molecular flexibility index (Phi) is 5.72. The summed E-state index contributed by atoms with van der Waals surface area (Å²) in [5.41, 5.74) is 11.5. The van der Waals surface area contributed by atoms with Crippen molar-refractivity contribution in [2.45, 2.75) is 6.92 Å². The highest BCUT2D eigenvalue weighted by Crippen LogP contribution is 2.26. The van der Waals surface area contributed by atoms with Crippen LogP contribution in [0.2, 0.25) is 0 Å². The number of pyridine rings is 1. The van der Waals surface area contributed by atoms with Crippen LogP contribution in [0, 0.1) is 6.92 Å². The highest BCUT2D eigenvalue weighted by atomic mass is 16.5. The minimum absolute atomic E-state index is 0.243. The van der Waals surface area contributed by atoms with Crippen LogP contribution in [0.1, 0.15) is 16.1 Å². The fourth-order valence-corrected chi connectivity index (χ4v) is 3.77. The number of amides is 1. The summed E-state index contributed by atoms with van der Waals surface area (Å²) in [5.74, 6) is 0.926. The van der Waals surface area contributed by atoms with Crippen molar-refractivity contribution in [3.8, 4) is 17.1 Å². The lowest BCUT2D eigenvalue weighted by Gasteiger charge is -2.10. The van der Waals surface area contributed by atoms with Crippen molar-refractivity contribution in [2.75, 3.05) is 23.5 Å². The van der Waals surface area contributed by atoms with E-state index in [0.29, 0.717) is 22.9 Å². The average molecular weight is 466 g/mol. The van der Waals surface area contributed by atoms with Gasteiger partial charge in [-0.1, -0.05) is 12.1 Å². The van der Waals surface area contributed by atoms with E-state index in [1.807, 2.05) is 47.9 Å². The van der Waals surface area contributed by atoms with Crippen LogP contribution in [-0.4, -0.2) is 32.4 Å². The Balaban J connectivity index is 1.35. The van der Waals surface area contributed by atoms with Crippen LogP contribution in [0.15, 0.2) is 79.1 Å². The molecule has 0 bridgehead atoms. The van der Waals surface area contributed by atoms with E-state index in [2.05, 4.69) is 25.6 Å². The number of hydrogen-bond acceptors (Lipinski definition) is 7. The number of aryl methyl sites for hydroxylation is 1. The molecular formula is C26H23N7O2. The zero-order valence-electron chi connectivity index (χ0n) is 19.2. The van der Waals surface area contributed by atoms with Crippen LogP contribution in [0.25, 0.3) is 17.0 Å². The van der Waals surface area contributed by atoms with Crippen LogP contribution >= 0.6 is 0 Å². The van der Waals surface area contributed by atoms with Gasteiger partial charge in [-0.3, -0.25) is 9.20 Å². The maximum Gasteiger partial charge on any atom is 0.255 e. The number of methoxy groups -OCH3 is 1. The number of para-hydroxylation sites is 2. The van der Waals surface area contributed by atoms with Gasteiger partial charge in [-0.25, -0.2) is 15.0 Å². The van der Waals surface area contributed by atoms with Gasteiger partial charge in [-0.05, 0) is 55.5 Å². The lowest BCUT2D eigenvalue weighted by Crippen LogP contribution is -2.13. The fraction of sp³-hybridized carbons (Fsp3) is 0.0769. The first kappa shape index (κ1) is 21.9. The van der Waals surface area contributed by atoms with E-state index in [9.17, 15) is 4.79 Å². The number of nitrogens with two attached hydrogens (primary N) is 1. The maximum absolute atomic E-state index is 12.6. The van der Waals surface area contributed by atoms with E-state index in [4.69, 9.17) is 10.5 Å². The summed E-state index contributed by atoms with van der Waals surface area (Å²) >= 11 is 0. The summed E-state index contributed by atoms with van der Waals surface area (Å²) in [7, 11) is 1.63. The molecule has 9 heteroatoms. The van der Waals surface area contributed by atoms with Gasteiger partial charge < -0.3 is 21.1 Å². The number of nitrogen functional groups attached to an aromatic ring is 1. The summed E-state index contributed by atoms with van der Waals surface area (Å²) in [6, 6.07) is 19.8. The van der Waals surface area contributed by atoms with Crippen molar-refractivity contribution in [2.24, 2.45) is 0 Å². The minimum Gasteiger partial charge on any atom is -0.497 e. The molecule has 0 atom stereocenters. The summed E-state index contributed by atoms with van der Waals surface area (Å²) in [5, 5.41) is 6.01. The Morgan fingerprint density at radius 3 is 2.60 bits per heavy atom. The molecule has 0 aliphatic heterocycles. The zero-order chi connectivity index (χ0) is 24.4. The molecule has 0 radical (unpaired) electrons. The Bertz CT molecular complexity index is 1530. The standard InChI is InChI=1S/C26H23N7O2/c1-16-24(33-14-12-19(35-2)15-23(33)29-16)22-11-13-28-26(32-22)30-18-9-7-17(8-10-18)25(34)31-21-6-4-3-5-20(21)27/h3-15H,27H2,1-2H3,(H,31,34)(H,28,30,32). The number of fused-ring (bicyclic) bond motifs is 1. The molecule has 0 aliphatic carbocycles. The maximum atomic E-state index is 12.6. The Morgan fingerprint density at radius 1 is 1.03 bits per heavy atom. The quantitative estimate of drug-likeness (QED) is 0.311. The first-order chi connectivity index (χ1) is 17.0. The summed E-state index contributed by atoms with van der Waals surface area (Å²) in [4.78, 5) is 26.2. The molecule has 0 unspecified atom stereocenters. The van der Waals surface area contributed by atoms with E-state index in [1.54, 1.807) is 49.7 Å². The third-order valence-corrected chi connectivity index (χ3v) is 5.52. The molecule has 35 heavy (non-hydrogen) atoms. The van der Waals surface area contributed by atoms with Crippen LogP contribution in [0.5, 0.6) is 5.75 Å². The van der Waals surface area contributed by atoms with Crippen molar-refractivity contribution in [3.05, 3.63) is 90.4 Å². The molecule has 0 saturated heterocycles. The highest BCUT2D eigenvalue weighted by molar-refractivity contribution is 6.05. The monoisotopic (exact) mass is 465 g/mol. The number of hydrogen-bond donors (Lipinski definition) is 3. The molecule has 0 saturated carbocycles. The highest BCUT2D eigenvalue weighted by Gasteiger charge is 2.14. The average Bonchev–Trinajstić information content (AvgIpc) is 3.20. The molecule has 3 aromatic heterocycles. The second kappa shape index (κ2) is 9.14. The van der Waals surface area contributed by atoms with Gasteiger partial charge in [0.15, 0.2) is 0 Å². The number of rotatable bonds is 6. The predicted octanol–water partition coefficient (Wildman–Crippen LogP) is 4.69. The molecule has 2 aromatic carbocycles. The molecule has 5 rings (SSSR count). The fourth-order valence-electron chi connectivity index (χ4n) is 3.77. The third-order valence-electron chi connectivity index (χ3n) is 5.52. The number of benzene rings is 2. The van der Waals surface area contributed by atoms with E-state index in [-0.39, 0.29) is 5.91 Å². The number of anilines is 4. The Hall–Kier alpha value is -4.92. The van der Waals surface area contributed by atoms with Gasteiger partial charge in [0, 0.05) is 29.7 Å². The molecule has 9 nitrogen and oxygen atoms in total. The molecule has 5 aromatic rings. The summed E-state index contributed by atoms with van der Waals surface area (Å²) in [6.07, 6.45) is 3.60. The Morgan fingerprint density at radius 2 is 1.83 bits per heavy atom.